The maximum atomic E-state index is 12.0. The van der Waals surface area contributed by atoms with Gasteiger partial charge in [-0.1, -0.05) is 6.42 Å². The summed E-state index contributed by atoms with van der Waals surface area (Å²) in [5.41, 5.74) is -0.791. The molecule has 1 saturated heterocycles. The Balaban J connectivity index is 2.18. The molecule has 1 unspecified atom stereocenters. The van der Waals surface area contributed by atoms with Gasteiger partial charge in [0.2, 0.25) is 11.8 Å². The van der Waals surface area contributed by atoms with Gasteiger partial charge in [0.05, 0.1) is 5.41 Å². The third-order valence-corrected chi connectivity index (χ3v) is 3.78. The second-order valence-electron chi connectivity index (χ2n) is 5.72. The van der Waals surface area contributed by atoms with Crippen LogP contribution in [-0.4, -0.2) is 47.4 Å². The summed E-state index contributed by atoms with van der Waals surface area (Å²) in [6.07, 6.45) is 3.50. The summed E-state index contributed by atoms with van der Waals surface area (Å²) in [7, 11) is 0. The van der Waals surface area contributed by atoms with Gasteiger partial charge >= 0.3 is 5.97 Å². The summed E-state index contributed by atoms with van der Waals surface area (Å²) in [5, 5.41) is 11.8. The van der Waals surface area contributed by atoms with Gasteiger partial charge in [0.15, 0.2) is 0 Å². The maximum Gasteiger partial charge on any atom is 0.311 e. The zero-order chi connectivity index (χ0) is 15.2. The fourth-order valence-electron chi connectivity index (χ4n) is 2.35. The quantitative estimate of drug-likeness (QED) is 0.683. The molecule has 2 N–H and O–H groups in total. The third kappa shape index (κ3) is 4.83. The molecule has 6 heteroatoms. The van der Waals surface area contributed by atoms with Gasteiger partial charge < -0.3 is 15.3 Å². The lowest BCUT2D eigenvalue weighted by atomic mass is 9.90. The van der Waals surface area contributed by atoms with E-state index in [1.165, 1.54) is 6.92 Å². The van der Waals surface area contributed by atoms with E-state index in [1.54, 1.807) is 11.8 Å². The average molecular weight is 284 g/mol. The Morgan fingerprint density at radius 3 is 2.50 bits per heavy atom. The topological polar surface area (TPSA) is 86.7 Å². The van der Waals surface area contributed by atoms with Gasteiger partial charge in [-0.3, -0.25) is 14.4 Å². The van der Waals surface area contributed by atoms with E-state index in [1.807, 2.05) is 0 Å². The smallest absolute Gasteiger partial charge is 0.311 e. The van der Waals surface area contributed by atoms with Crippen LogP contribution in [0.5, 0.6) is 0 Å². The molecule has 1 atom stereocenters. The molecule has 20 heavy (non-hydrogen) atoms. The standard InChI is InChI=1S/C14H24N2O4/c1-11(17)15-8-5-3-4-6-12(18)16-9-7-14(2,10-16)13(19)20/h3-10H2,1-2H3,(H,15,17)(H,19,20). The number of carbonyl (C=O) groups is 3. The molecule has 0 bridgehead atoms. The molecular formula is C14H24N2O4. The molecule has 1 rings (SSSR count). The molecule has 0 aromatic heterocycles. The van der Waals surface area contributed by atoms with Crippen LogP contribution in [-0.2, 0) is 14.4 Å². The first-order valence-electron chi connectivity index (χ1n) is 7.11. The number of hydrogen-bond donors (Lipinski definition) is 2. The van der Waals surface area contributed by atoms with Crippen molar-refractivity contribution in [1.29, 1.82) is 0 Å². The van der Waals surface area contributed by atoms with Crippen LogP contribution in [0, 0.1) is 5.41 Å². The van der Waals surface area contributed by atoms with Crippen LogP contribution in [0.3, 0.4) is 0 Å². The van der Waals surface area contributed by atoms with Gasteiger partial charge in [0.25, 0.3) is 0 Å². The first kappa shape index (κ1) is 16.5. The SMILES string of the molecule is CC(=O)NCCCCCC(=O)N1CCC(C)(C(=O)O)C1. The number of carboxylic acid groups (broad SMARTS) is 1. The third-order valence-electron chi connectivity index (χ3n) is 3.78. The number of amides is 2. The molecule has 0 aromatic carbocycles. The fraction of sp³-hybridized carbons (Fsp3) is 0.786. The average Bonchev–Trinajstić information content (AvgIpc) is 2.77. The molecule has 0 spiro atoms. The van der Waals surface area contributed by atoms with Gasteiger partial charge in [0.1, 0.15) is 0 Å². The van der Waals surface area contributed by atoms with E-state index in [9.17, 15) is 14.4 Å². The summed E-state index contributed by atoms with van der Waals surface area (Å²) >= 11 is 0. The number of carbonyl (C=O) groups excluding carboxylic acids is 2. The zero-order valence-electron chi connectivity index (χ0n) is 12.3. The van der Waals surface area contributed by atoms with Crippen molar-refractivity contribution in [1.82, 2.24) is 10.2 Å². The van der Waals surface area contributed by atoms with E-state index in [0.717, 1.165) is 19.3 Å². The van der Waals surface area contributed by atoms with Crippen molar-refractivity contribution in [2.24, 2.45) is 5.41 Å². The minimum absolute atomic E-state index is 0.0360. The number of hydrogen-bond acceptors (Lipinski definition) is 3. The Labute approximate surface area is 119 Å². The van der Waals surface area contributed by atoms with Crippen molar-refractivity contribution in [3.05, 3.63) is 0 Å². The Morgan fingerprint density at radius 1 is 1.25 bits per heavy atom. The van der Waals surface area contributed by atoms with Gasteiger partial charge in [-0.2, -0.15) is 0 Å². The lowest BCUT2D eigenvalue weighted by Crippen LogP contribution is -2.34. The summed E-state index contributed by atoms with van der Waals surface area (Å²) in [6.45, 7) is 4.66. The van der Waals surface area contributed by atoms with Crippen LogP contribution in [0.2, 0.25) is 0 Å². The van der Waals surface area contributed by atoms with Gasteiger partial charge in [-0.25, -0.2) is 0 Å². The van der Waals surface area contributed by atoms with Crippen LogP contribution in [0.4, 0.5) is 0 Å². The Morgan fingerprint density at radius 2 is 1.95 bits per heavy atom. The lowest BCUT2D eigenvalue weighted by Gasteiger charge is -2.20. The monoisotopic (exact) mass is 284 g/mol. The Hall–Kier alpha value is -1.59. The molecule has 1 aliphatic rings. The van der Waals surface area contributed by atoms with E-state index in [2.05, 4.69) is 5.32 Å². The van der Waals surface area contributed by atoms with Crippen LogP contribution in [0.25, 0.3) is 0 Å². The molecule has 1 aliphatic heterocycles. The molecule has 114 valence electrons. The molecule has 0 aromatic rings. The molecular weight excluding hydrogens is 260 g/mol. The van der Waals surface area contributed by atoms with Gasteiger partial charge in [-0.15, -0.1) is 0 Å². The summed E-state index contributed by atoms with van der Waals surface area (Å²) < 4.78 is 0. The first-order valence-corrected chi connectivity index (χ1v) is 7.11. The minimum atomic E-state index is -0.830. The lowest BCUT2D eigenvalue weighted by molar-refractivity contribution is -0.147. The number of nitrogens with one attached hydrogen (secondary N) is 1. The van der Waals surface area contributed by atoms with Crippen LogP contribution in [0.1, 0.15) is 46.0 Å². The molecule has 1 heterocycles. The number of aliphatic carboxylic acids is 1. The fourth-order valence-corrected chi connectivity index (χ4v) is 2.35. The second kappa shape index (κ2) is 7.26. The molecule has 0 aliphatic carbocycles. The van der Waals surface area contributed by atoms with Crippen molar-refractivity contribution in [2.75, 3.05) is 19.6 Å². The zero-order valence-corrected chi connectivity index (χ0v) is 12.3. The van der Waals surface area contributed by atoms with Gasteiger partial charge in [0, 0.05) is 33.0 Å². The number of likely N-dealkylation sites (tertiary alicyclic amines) is 1. The largest absolute Gasteiger partial charge is 0.481 e. The van der Waals surface area contributed by atoms with E-state index in [-0.39, 0.29) is 11.8 Å². The highest BCUT2D eigenvalue weighted by molar-refractivity contribution is 5.80. The summed E-state index contributed by atoms with van der Waals surface area (Å²) in [5.74, 6) is -0.830. The van der Waals surface area contributed by atoms with Crippen LogP contribution < -0.4 is 5.32 Å². The van der Waals surface area contributed by atoms with E-state index < -0.39 is 11.4 Å². The Bertz CT molecular complexity index is 383. The summed E-state index contributed by atoms with van der Waals surface area (Å²) in [4.78, 5) is 35.4. The number of carboxylic acids is 1. The molecule has 2 amide bonds. The minimum Gasteiger partial charge on any atom is -0.481 e. The van der Waals surface area contributed by atoms with Crippen LogP contribution >= 0.6 is 0 Å². The highest BCUT2D eigenvalue weighted by Crippen LogP contribution is 2.30. The van der Waals surface area contributed by atoms with E-state index in [4.69, 9.17) is 5.11 Å². The maximum absolute atomic E-state index is 12.0. The molecule has 0 radical (unpaired) electrons. The van der Waals surface area contributed by atoms with Crippen molar-refractivity contribution in [3.8, 4) is 0 Å². The van der Waals surface area contributed by atoms with Gasteiger partial charge in [-0.05, 0) is 26.2 Å². The number of nitrogens with zero attached hydrogens (tertiary/aromatic N) is 1. The van der Waals surface area contributed by atoms with Crippen molar-refractivity contribution in [2.45, 2.75) is 46.0 Å². The predicted octanol–water partition coefficient (Wildman–Crippen LogP) is 1.01. The van der Waals surface area contributed by atoms with Crippen molar-refractivity contribution >= 4 is 17.8 Å². The number of unbranched alkanes of at least 4 members (excludes halogenated alkanes) is 2. The molecule has 1 fully saturated rings. The first-order chi connectivity index (χ1) is 9.35. The second-order valence-corrected chi connectivity index (χ2v) is 5.72. The predicted molar refractivity (Wildman–Crippen MR) is 74.1 cm³/mol. The molecule has 6 nitrogen and oxygen atoms in total. The highest BCUT2D eigenvalue weighted by Gasteiger charge is 2.41. The van der Waals surface area contributed by atoms with Crippen molar-refractivity contribution < 1.29 is 19.5 Å². The Kier molecular flexibility index (Phi) is 5.98. The highest BCUT2D eigenvalue weighted by atomic mass is 16.4. The number of rotatable bonds is 7. The van der Waals surface area contributed by atoms with Crippen LogP contribution in [0.15, 0.2) is 0 Å². The van der Waals surface area contributed by atoms with E-state index in [0.29, 0.717) is 32.5 Å². The van der Waals surface area contributed by atoms with E-state index >= 15 is 0 Å². The summed E-state index contributed by atoms with van der Waals surface area (Å²) in [6, 6.07) is 0. The van der Waals surface area contributed by atoms with Crippen molar-refractivity contribution in [3.63, 3.8) is 0 Å². The molecule has 0 saturated carbocycles. The normalized spacial score (nSPS) is 21.8.